The Kier molecular flexibility index (Phi) is 4.64. The van der Waals surface area contributed by atoms with Crippen LogP contribution in [0.3, 0.4) is 0 Å². The molecule has 0 unspecified atom stereocenters. The molecule has 0 aliphatic rings. The third kappa shape index (κ3) is 3.23. The van der Waals surface area contributed by atoms with Crippen molar-refractivity contribution in [1.29, 1.82) is 0 Å². The third-order valence-corrected chi connectivity index (χ3v) is 2.33. The summed E-state index contributed by atoms with van der Waals surface area (Å²) in [6, 6.07) is 18.1. The second-order valence-corrected chi connectivity index (χ2v) is 3.65. The summed E-state index contributed by atoms with van der Waals surface area (Å²) >= 11 is 0. The van der Waals surface area contributed by atoms with Gasteiger partial charge < -0.3 is 0 Å². The van der Waals surface area contributed by atoms with Gasteiger partial charge in [0.15, 0.2) is 0 Å². The van der Waals surface area contributed by atoms with Gasteiger partial charge in [-0.25, -0.2) is 0 Å². The third-order valence-electron chi connectivity index (χ3n) is 2.33. The molecule has 2 rings (SSSR count). The van der Waals surface area contributed by atoms with Gasteiger partial charge in [0.2, 0.25) is 0 Å². The van der Waals surface area contributed by atoms with Crippen LogP contribution in [0.25, 0.3) is 11.1 Å². The van der Waals surface area contributed by atoms with E-state index in [4.69, 9.17) is 0 Å². The molecular formula is C14H13U-. The average molecular weight is 419 g/mol. The molecule has 0 N–H and O–H groups in total. The topological polar surface area (TPSA) is 0 Å². The Labute approximate surface area is 115 Å². The normalized spacial score (nSPS) is 9.47. The van der Waals surface area contributed by atoms with Crippen LogP contribution < -0.4 is 0 Å². The fourth-order valence-corrected chi connectivity index (χ4v) is 1.42. The summed E-state index contributed by atoms with van der Waals surface area (Å²) in [7, 11) is 0. The van der Waals surface area contributed by atoms with Crippen molar-refractivity contribution in [1.82, 2.24) is 0 Å². The summed E-state index contributed by atoms with van der Waals surface area (Å²) in [5.74, 6) is 0. The minimum absolute atomic E-state index is 0. The molecule has 0 aliphatic heterocycles. The van der Waals surface area contributed by atoms with Gasteiger partial charge in [0.05, 0.1) is 0 Å². The number of hydrogen-bond acceptors (Lipinski definition) is 0. The first-order valence-corrected chi connectivity index (χ1v) is 4.81. The number of aryl methyl sites for hydroxylation is 2. The smallest absolute Gasteiger partial charge is 0 e. The minimum Gasteiger partial charge on any atom is -0.144 e. The fourth-order valence-electron chi connectivity index (χ4n) is 1.42. The molecule has 1 heteroatoms. The molecule has 74 valence electrons. The Bertz CT molecular complexity index is 369. The Morgan fingerprint density at radius 3 is 1.93 bits per heavy atom. The van der Waals surface area contributed by atoms with Gasteiger partial charge in [-0.1, -0.05) is 42.3 Å². The molecule has 0 nitrogen and oxygen atoms in total. The molecule has 0 saturated carbocycles. The van der Waals surface area contributed by atoms with Crippen molar-refractivity contribution in [2.45, 2.75) is 13.8 Å². The molecule has 2 aromatic rings. The van der Waals surface area contributed by atoms with Gasteiger partial charge in [0.1, 0.15) is 0 Å². The van der Waals surface area contributed by atoms with Crippen molar-refractivity contribution in [2.75, 3.05) is 0 Å². The van der Waals surface area contributed by atoms with E-state index in [1.807, 2.05) is 6.07 Å². The molecular weight excluding hydrogens is 406 g/mol. The van der Waals surface area contributed by atoms with Crippen LogP contribution in [0.2, 0.25) is 0 Å². The minimum atomic E-state index is 0. The van der Waals surface area contributed by atoms with E-state index < -0.39 is 0 Å². The Morgan fingerprint density at radius 1 is 0.800 bits per heavy atom. The molecule has 0 atom stereocenters. The standard InChI is InChI=1S/C14H13.U/c1-11-3-7-13(8-4-11)14-9-5-12(2)6-10-14;/h3-9H,1-2H3;/q-1;. The number of rotatable bonds is 1. The monoisotopic (exact) mass is 419 g/mol. The summed E-state index contributed by atoms with van der Waals surface area (Å²) in [6.45, 7) is 4.18. The first kappa shape index (κ1) is 12.6. The average Bonchev–Trinajstić information content (AvgIpc) is 2.21. The van der Waals surface area contributed by atoms with Crippen molar-refractivity contribution in [2.24, 2.45) is 0 Å². The second kappa shape index (κ2) is 5.54. The number of hydrogen-bond donors (Lipinski definition) is 0. The maximum Gasteiger partial charge on any atom is 0 e. The van der Waals surface area contributed by atoms with E-state index in [0.717, 1.165) is 5.56 Å². The molecule has 2 aromatic carbocycles. The van der Waals surface area contributed by atoms with Gasteiger partial charge in [-0.3, -0.25) is 0 Å². The zero-order chi connectivity index (χ0) is 9.97. The van der Waals surface area contributed by atoms with Gasteiger partial charge in [-0.15, -0.1) is 35.4 Å². The molecule has 0 fully saturated rings. The van der Waals surface area contributed by atoms with E-state index in [1.54, 1.807) is 0 Å². The van der Waals surface area contributed by atoms with Gasteiger partial charge in [0, 0.05) is 31.1 Å². The SMILES string of the molecule is Cc1c[c-]c(-c2ccc(C)cc2)cc1.[U]. The maximum absolute atomic E-state index is 3.27. The predicted octanol–water partition coefficient (Wildman–Crippen LogP) is 3.77. The number of benzene rings is 2. The first-order chi connectivity index (χ1) is 6.75. The summed E-state index contributed by atoms with van der Waals surface area (Å²) in [5.41, 5.74) is 4.94. The van der Waals surface area contributed by atoms with E-state index in [1.165, 1.54) is 16.7 Å². The second-order valence-electron chi connectivity index (χ2n) is 3.65. The molecule has 0 saturated heterocycles. The van der Waals surface area contributed by atoms with Crippen LogP contribution in [0.1, 0.15) is 11.1 Å². The molecule has 0 aliphatic carbocycles. The summed E-state index contributed by atoms with van der Waals surface area (Å²) in [4.78, 5) is 0. The van der Waals surface area contributed by atoms with Gasteiger partial charge in [0.25, 0.3) is 0 Å². The Morgan fingerprint density at radius 2 is 1.40 bits per heavy atom. The largest absolute Gasteiger partial charge is 0.144 e. The summed E-state index contributed by atoms with van der Waals surface area (Å²) in [6.07, 6.45) is 0. The van der Waals surface area contributed by atoms with Gasteiger partial charge in [-0.2, -0.15) is 0 Å². The van der Waals surface area contributed by atoms with Crippen LogP contribution in [-0.2, 0) is 0 Å². The van der Waals surface area contributed by atoms with Crippen molar-refractivity contribution < 1.29 is 31.1 Å². The predicted molar refractivity (Wildman–Crippen MR) is 60.2 cm³/mol. The zero-order valence-electron chi connectivity index (χ0n) is 9.04. The zero-order valence-corrected chi connectivity index (χ0v) is 13.2. The van der Waals surface area contributed by atoms with Gasteiger partial charge in [-0.05, 0) is 6.92 Å². The van der Waals surface area contributed by atoms with Crippen molar-refractivity contribution in [3.8, 4) is 11.1 Å². The van der Waals surface area contributed by atoms with Crippen LogP contribution in [-0.4, -0.2) is 0 Å². The molecule has 0 radical (unpaired) electrons. The van der Waals surface area contributed by atoms with Crippen LogP contribution in [0.4, 0.5) is 0 Å². The van der Waals surface area contributed by atoms with Crippen LogP contribution in [0.5, 0.6) is 0 Å². The molecule has 0 amide bonds. The van der Waals surface area contributed by atoms with E-state index in [2.05, 4.69) is 56.3 Å². The van der Waals surface area contributed by atoms with E-state index >= 15 is 0 Å². The van der Waals surface area contributed by atoms with E-state index in [-0.39, 0.29) is 31.1 Å². The molecule has 0 heterocycles. The van der Waals surface area contributed by atoms with Crippen LogP contribution in [0.15, 0.2) is 42.5 Å². The molecule has 0 spiro atoms. The van der Waals surface area contributed by atoms with Crippen LogP contribution >= 0.6 is 0 Å². The fraction of sp³-hybridized carbons (Fsp3) is 0.143. The molecule has 0 bridgehead atoms. The van der Waals surface area contributed by atoms with Gasteiger partial charge >= 0.3 is 0 Å². The quantitative estimate of drug-likeness (QED) is 0.618. The van der Waals surface area contributed by atoms with Crippen LogP contribution in [0, 0.1) is 51.0 Å². The van der Waals surface area contributed by atoms with E-state index in [0.29, 0.717) is 0 Å². The van der Waals surface area contributed by atoms with Crippen molar-refractivity contribution in [3.05, 3.63) is 59.7 Å². The maximum atomic E-state index is 3.27. The Balaban J connectivity index is 0.00000112. The van der Waals surface area contributed by atoms with E-state index in [9.17, 15) is 0 Å². The Hall–Kier alpha value is -0.508. The molecule has 0 aromatic heterocycles. The van der Waals surface area contributed by atoms with Crippen molar-refractivity contribution in [3.63, 3.8) is 0 Å². The molecule has 15 heavy (non-hydrogen) atoms. The summed E-state index contributed by atoms with van der Waals surface area (Å²) in [5, 5.41) is 0. The summed E-state index contributed by atoms with van der Waals surface area (Å²) < 4.78 is 0. The van der Waals surface area contributed by atoms with Crippen molar-refractivity contribution >= 4 is 0 Å². The first-order valence-electron chi connectivity index (χ1n) is 4.81.